The van der Waals surface area contributed by atoms with Crippen LogP contribution in [0.2, 0.25) is 0 Å². The number of carbonyl (C=O) groups is 1. The Kier molecular flexibility index (Phi) is 2.54. The molecule has 120 valence electrons. The van der Waals surface area contributed by atoms with E-state index in [-0.39, 0.29) is 22.6 Å². The van der Waals surface area contributed by atoms with Gasteiger partial charge < -0.3 is 0 Å². The molecule has 0 unspecified atom stereocenters. The number of aromatic nitrogens is 2. The maximum absolute atomic E-state index is 12.9. The van der Waals surface area contributed by atoms with Crippen LogP contribution < -0.4 is 0 Å². The zero-order valence-electron chi connectivity index (χ0n) is 13.1. The van der Waals surface area contributed by atoms with Crippen LogP contribution in [0.5, 0.6) is 0 Å². The molecule has 1 spiro atoms. The molecule has 2 aliphatic carbocycles. The first-order chi connectivity index (χ1) is 10.2. The largest absolute Gasteiger partial charge is 0.285 e. The molecule has 0 radical (unpaired) electrons. The van der Waals surface area contributed by atoms with E-state index in [0.717, 1.165) is 19.3 Å². The molecule has 2 heterocycles. The SMILES string of the molecule is Cn1nccc1C(=O)N1[C@@H]2C[C@H]3CC[C@@]2(CS1(=O)=O)C3(C)C. The predicted molar refractivity (Wildman–Crippen MR) is 80.5 cm³/mol. The van der Waals surface area contributed by atoms with E-state index >= 15 is 0 Å². The summed E-state index contributed by atoms with van der Waals surface area (Å²) in [6.45, 7) is 4.36. The van der Waals surface area contributed by atoms with Crippen LogP contribution in [-0.2, 0) is 17.1 Å². The lowest BCUT2D eigenvalue weighted by Gasteiger charge is -2.37. The fourth-order valence-electron chi connectivity index (χ4n) is 5.25. The molecule has 6 nitrogen and oxygen atoms in total. The fraction of sp³-hybridized carbons (Fsp3) is 0.733. The van der Waals surface area contributed by atoms with Gasteiger partial charge in [0.1, 0.15) is 5.69 Å². The van der Waals surface area contributed by atoms with Crippen LogP contribution in [0.3, 0.4) is 0 Å². The summed E-state index contributed by atoms with van der Waals surface area (Å²) in [5.74, 6) is 0.192. The molecule has 1 aliphatic heterocycles. The second-order valence-electron chi connectivity index (χ2n) is 7.56. The average molecular weight is 323 g/mol. The number of sulfonamides is 1. The van der Waals surface area contributed by atoms with Crippen molar-refractivity contribution in [3.63, 3.8) is 0 Å². The summed E-state index contributed by atoms with van der Waals surface area (Å²) < 4.78 is 28.2. The van der Waals surface area contributed by atoms with Crippen LogP contribution in [0.4, 0.5) is 0 Å². The highest BCUT2D eigenvalue weighted by Gasteiger charge is 2.72. The van der Waals surface area contributed by atoms with Gasteiger partial charge >= 0.3 is 0 Å². The summed E-state index contributed by atoms with van der Waals surface area (Å²) >= 11 is 0. The highest BCUT2D eigenvalue weighted by atomic mass is 32.2. The number of nitrogens with zero attached hydrogens (tertiary/aromatic N) is 3. The van der Waals surface area contributed by atoms with E-state index in [1.165, 1.54) is 15.2 Å². The molecule has 7 heteroatoms. The van der Waals surface area contributed by atoms with Gasteiger partial charge in [0, 0.05) is 18.7 Å². The highest BCUT2D eigenvalue weighted by Crippen LogP contribution is 2.70. The molecule has 0 aromatic carbocycles. The number of rotatable bonds is 1. The molecule has 3 aliphatic rings. The first-order valence-electron chi connectivity index (χ1n) is 7.75. The van der Waals surface area contributed by atoms with E-state index in [1.807, 2.05) is 0 Å². The van der Waals surface area contributed by atoms with Gasteiger partial charge in [-0.1, -0.05) is 13.8 Å². The Morgan fingerprint density at radius 3 is 2.73 bits per heavy atom. The topological polar surface area (TPSA) is 72.3 Å². The van der Waals surface area contributed by atoms with Gasteiger partial charge in [0.2, 0.25) is 10.0 Å². The predicted octanol–water partition coefficient (Wildman–Crippen LogP) is 1.40. The van der Waals surface area contributed by atoms with Crippen molar-refractivity contribution in [3.05, 3.63) is 18.0 Å². The lowest BCUT2D eigenvalue weighted by atomic mass is 9.69. The van der Waals surface area contributed by atoms with Crippen LogP contribution in [0.1, 0.15) is 43.6 Å². The molecule has 3 atom stereocenters. The maximum atomic E-state index is 12.9. The van der Waals surface area contributed by atoms with Crippen molar-refractivity contribution in [1.82, 2.24) is 14.1 Å². The van der Waals surface area contributed by atoms with Gasteiger partial charge in [-0.15, -0.1) is 0 Å². The third-order valence-electron chi connectivity index (χ3n) is 6.65. The molecule has 4 rings (SSSR count). The summed E-state index contributed by atoms with van der Waals surface area (Å²) in [5.41, 5.74) is 0.0398. The molecule has 1 amide bonds. The number of aryl methyl sites for hydroxylation is 1. The van der Waals surface area contributed by atoms with Crippen LogP contribution in [0.15, 0.2) is 12.3 Å². The Hall–Kier alpha value is -1.37. The van der Waals surface area contributed by atoms with Crippen molar-refractivity contribution in [3.8, 4) is 0 Å². The van der Waals surface area contributed by atoms with Crippen molar-refractivity contribution >= 4 is 15.9 Å². The summed E-state index contributed by atoms with van der Waals surface area (Å²) in [6, 6.07) is 1.40. The van der Waals surface area contributed by atoms with E-state index in [1.54, 1.807) is 13.1 Å². The molecular formula is C15H21N3O3S. The monoisotopic (exact) mass is 323 g/mol. The summed E-state index contributed by atoms with van der Waals surface area (Å²) in [7, 11) is -1.90. The Morgan fingerprint density at radius 1 is 1.41 bits per heavy atom. The Balaban J connectivity index is 1.82. The van der Waals surface area contributed by atoms with Crippen molar-refractivity contribution < 1.29 is 13.2 Å². The zero-order chi connectivity index (χ0) is 15.9. The first-order valence-corrected chi connectivity index (χ1v) is 9.36. The van der Waals surface area contributed by atoms with Gasteiger partial charge in [-0.05, 0) is 36.7 Å². The minimum absolute atomic E-state index is 0.0216. The average Bonchev–Trinajstić information content (AvgIpc) is 3.06. The maximum Gasteiger partial charge on any atom is 0.285 e. The van der Waals surface area contributed by atoms with Crippen molar-refractivity contribution in [2.45, 2.75) is 39.2 Å². The first kappa shape index (κ1) is 14.2. The van der Waals surface area contributed by atoms with Gasteiger partial charge in [-0.2, -0.15) is 5.10 Å². The lowest BCUT2D eigenvalue weighted by Crippen LogP contribution is -2.44. The number of amides is 1. The van der Waals surface area contributed by atoms with Gasteiger partial charge in [-0.25, -0.2) is 12.7 Å². The molecule has 1 aromatic rings. The molecule has 0 N–H and O–H groups in total. The Bertz CT molecular complexity index is 767. The van der Waals surface area contributed by atoms with Crippen LogP contribution in [-0.4, -0.2) is 40.2 Å². The third kappa shape index (κ3) is 1.43. The van der Waals surface area contributed by atoms with Crippen molar-refractivity contribution in [2.24, 2.45) is 23.8 Å². The third-order valence-corrected chi connectivity index (χ3v) is 8.55. The molecule has 1 saturated heterocycles. The zero-order valence-corrected chi connectivity index (χ0v) is 13.9. The lowest BCUT2D eigenvalue weighted by molar-refractivity contribution is 0.0691. The van der Waals surface area contributed by atoms with E-state index in [2.05, 4.69) is 18.9 Å². The van der Waals surface area contributed by atoms with E-state index in [4.69, 9.17) is 0 Å². The Labute approximate surface area is 130 Å². The minimum atomic E-state index is -3.56. The highest BCUT2D eigenvalue weighted by molar-refractivity contribution is 7.90. The van der Waals surface area contributed by atoms with Gasteiger partial charge in [-0.3, -0.25) is 9.48 Å². The molecule has 3 fully saturated rings. The number of hydrogen-bond acceptors (Lipinski definition) is 4. The van der Waals surface area contributed by atoms with Gasteiger partial charge in [0.25, 0.3) is 5.91 Å². The number of carbonyl (C=O) groups excluding carboxylic acids is 1. The minimum Gasteiger partial charge on any atom is -0.266 e. The molecule has 2 bridgehead atoms. The van der Waals surface area contributed by atoms with E-state index in [0.29, 0.717) is 11.6 Å². The van der Waals surface area contributed by atoms with Crippen molar-refractivity contribution in [2.75, 3.05) is 5.75 Å². The molecular weight excluding hydrogens is 302 g/mol. The van der Waals surface area contributed by atoms with Crippen molar-refractivity contribution in [1.29, 1.82) is 0 Å². The number of hydrogen-bond donors (Lipinski definition) is 0. The second kappa shape index (κ2) is 3.93. The summed E-state index contributed by atoms with van der Waals surface area (Å²) in [6.07, 6.45) is 4.31. The molecule has 22 heavy (non-hydrogen) atoms. The summed E-state index contributed by atoms with van der Waals surface area (Å²) in [4.78, 5) is 12.9. The normalized spacial score (nSPS) is 37.5. The van der Waals surface area contributed by atoms with Crippen LogP contribution in [0.25, 0.3) is 0 Å². The van der Waals surface area contributed by atoms with Crippen LogP contribution >= 0.6 is 0 Å². The number of fused-ring (bicyclic) bond motifs is 1. The van der Waals surface area contributed by atoms with E-state index in [9.17, 15) is 13.2 Å². The van der Waals surface area contributed by atoms with E-state index < -0.39 is 15.9 Å². The second-order valence-corrected chi connectivity index (χ2v) is 9.41. The quantitative estimate of drug-likeness (QED) is 0.783. The standard InChI is InChI=1S/C15H21N3O3S/c1-14(2)10-4-6-15(14)9-22(20,21)18(12(15)8-10)13(19)11-5-7-16-17(11)3/h5,7,10,12H,4,6,8-9H2,1-3H3/t10-,12-,15+/m1/s1. The molecule has 1 aromatic heterocycles. The molecule has 2 saturated carbocycles. The summed E-state index contributed by atoms with van der Waals surface area (Å²) in [5, 5.41) is 3.99. The fourth-order valence-corrected chi connectivity index (χ4v) is 7.77. The van der Waals surface area contributed by atoms with Gasteiger partial charge in [0.05, 0.1) is 11.8 Å². The smallest absolute Gasteiger partial charge is 0.266 e. The van der Waals surface area contributed by atoms with Crippen LogP contribution in [0, 0.1) is 16.7 Å². The Morgan fingerprint density at radius 2 is 2.14 bits per heavy atom. The van der Waals surface area contributed by atoms with Gasteiger partial charge in [0.15, 0.2) is 0 Å².